The van der Waals surface area contributed by atoms with Gasteiger partial charge in [-0.1, -0.05) is 18.2 Å². The largest absolute Gasteiger partial charge is 0.491 e. The molecule has 0 aliphatic carbocycles. The predicted octanol–water partition coefficient (Wildman–Crippen LogP) is -9.69. The summed E-state index contributed by atoms with van der Waals surface area (Å²) in [5.74, 6) is -0.460. The van der Waals surface area contributed by atoms with E-state index in [2.05, 4.69) is 5.32 Å². The van der Waals surface area contributed by atoms with Crippen LogP contribution in [0.3, 0.4) is 0 Å². The highest BCUT2D eigenvalue weighted by molar-refractivity contribution is 5.73. The van der Waals surface area contributed by atoms with Gasteiger partial charge in [0.1, 0.15) is 153 Å². The standard InChI is InChI=1S/C49H80N2O30/c1-18-27(57)31(61)35(65)46(71-18)81-43-32(62)28(58)21(13-52)74-49(43)79-41-26(51-19(2)56)44(72-22(14-53)29(41)59)80-42-30(60)23(15-54)73-48(38(42)68)77-39-24(16-55)75-47(37(67)34(39)64)78-40-25(17-70-20-9-5-3-6-10-20)76-45(36(66)33(40)63)69-12-8-4-7-11-50/h3,5-6,9-10,18,21-49,52-55,57-68H,4,7-8,11-17,50H2,1-2H3,(H,51,56)/t18?,21?,22?,23?,24?,25?,26-,27+,28-,29-,30-,31?,32?,33?,34?,35-,36-,37-,38?,39-,40+,41?,42-,43-,44-,45+,46-,47-,48+,49-/m0/s1. The summed E-state index contributed by atoms with van der Waals surface area (Å²) in [7, 11) is 0. The second-order valence-electron chi connectivity index (χ2n) is 20.6. The van der Waals surface area contributed by atoms with Crippen molar-refractivity contribution in [2.75, 3.05) is 46.2 Å². The lowest BCUT2D eigenvalue weighted by Crippen LogP contribution is -2.70. The lowest BCUT2D eigenvalue weighted by atomic mass is 9.94. The van der Waals surface area contributed by atoms with Crippen LogP contribution in [0.5, 0.6) is 5.75 Å². The average molecular weight is 1180 g/mol. The van der Waals surface area contributed by atoms with Crippen LogP contribution in [0.4, 0.5) is 0 Å². The van der Waals surface area contributed by atoms with Crippen LogP contribution in [0.2, 0.25) is 0 Å². The highest BCUT2D eigenvalue weighted by Crippen LogP contribution is 2.37. The molecular weight excluding hydrogens is 1100 g/mol. The third kappa shape index (κ3) is 15.3. The first-order chi connectivity index (χ1) is 38.7. The third-order valence-electron chi connectivity index (χ3n) is 14.9. The molecule has 0 saturated carbocycles. The summed E-state index contributed by atoms with van der Waals surface area (Å²) in [6.45, 7) is -1.32. The van der Waals surface area contributed by atoms with E-state index in [-0.39, 0.29) is 13.2 Å². The van der Waals surface area contributed by atoms with Gasteiger partial charge in [-0.25, -0.2) is 0 Å². The number of ether oxygens (including phenoxy) is 13. The molecule has 6 aliphatic heterocycles. The second kappa shape index (κ2) is 30.1. The molecule has 0 bridgehead atoms. The highest BCUT2D eigenvalue weighted by atomic mass is 16.8. The Bertz CT molecular complexity index is 2030. The number of nitrogens with one attached hydrogen (secondary N) is 1. The van der Waals surface area contributed by atoms with E-state index in [1.165, 1.54) is 6.92 Å². The lowest BCUT2D eigenvalue weighted by molar-refractivity contribution is -0.393. The maximum atomic E-state index is 12.9. The smallest absolute Gasteiger partial charge is 0.217 e. The maximum absolute atomic E-state index is 12.9. The van der Waals surface area contributed by atoms with Crippen molar-refractivity contribution in [3.63, 3.8) is 0 Å². The quantitative estimate of drug-likeness (QED) is 0.0427. The van der Waals surface area contributed by atoms with Crippen molar-refractivity contribution in [1.82, 2.24) is 5.32 Å². The maximum Gasteiger partial charge on any atom is 0.217 e. The minimum absolute atomic E-state index is 0.133. The predicted molar refractivity (Wildman–Crippen MR) is 261 cm³/mol. The number of unbranched alkanes of at least 4 members (excludes halogenated alkanes) is 2. The number of hydrogen-bond donors (Lipinski definition) is 18. The van der Waals surface area contributed by atoms with Crippen LogP contribution in [-0.2, 0) is 61.6 Å². The van der Waals surface area contributed by atoms with E-state index in [4.69, 9.17) is 67.3 Å². The Kier molecular flexibility index (Phi) is 24.5. The Balaban J connectivity index is 1.08. The zero-order valence-corrected chi connectivity index (χ0v) is 44.2. The molecule has 0 spiro atoms. The molecule has 0 radical (unpaired) electrons. The van der Waals surface area contributed by atoms with E-state index in [1.54, 1.807) is 30.3 Å². The monoisotopic (exact) mass is 1180 g/mol. The fourth-order valence-corrected chi connectivity index (χ4v) is 10.3. The molecule has 1 aromatic carbocycles. The second-order valence-corrected chi connectivity index (χ2v) is 20.6. The molecule has 6 heterocycles. The fraction of sp³-hybridized carbons (Fsp3) is 0.857. The number of nitrogens with two attached hydrogens (primary N) is 1. The number of hydrogen-bond acceptors (Lipinski definition) is 31. The van der Waals surface area contributed by atoms with Gasteiger partial charge in [0.25, 0.3) is 0 Å². The van der Waals surface area contributed by atoms with Gasteiger partial charge in [-0.15, -0.1) is 0 Å². The minimum atomic E-state index is -2.21. The summed E-state index contributed by atoms with van der Waals surface area (Å²) >= 11 is 0. The van der Waals surface area contributed by atoms with Gasteiger partial charge in [0.15, 0.2) is 37.7 Å². The Labute approximate surface area is 463 Å². The van der Waals surface area contributed by atoms with Gasteiger partial charge in [-0.05, 0) is 44.9 Å². The SMILES string of the molecule is CC(=O)N[C@H]1C(O[C@@H]2OC(CO)[C@H](O)C(O)[C@@H]2O[C@@H]2OC(C)[C@@H](O)C(O)[C@@H]2O)[C@@H](O)C(CO)O[C@H]1O[C@@H]1C(O)[C@@H](O[C@H]2C(CO)O[C@@H](O[C@@H]3C(COc4ccccc4)O[C@@H](OCCCCCN)[C@@H](O)C3O)[C@@H](O)C2O)OC(CO)[C@@H]1O. The number of para-hydroxylation sites is 1. The van der Waals surface area contributed by atoms with Gasteiger partial charge in [0.2, 0.25) is 5.91 Å². The van der Waals surface area contributed by atoms with E-state index in [0.717, 1.165) is 19.8 Å². The molecule has 7 rings (SSSR count). The van der Waals surface area contributed by atoms with Gasteiger partial charge in [0.05, 0.1) is 32.5 Å². The van der Waals surface area contributed by atoms with Crippen LogP contribution in [0.1, 0.15) is 33.1 Å². The highest BCUT2D eigenvalue weighted by Gasteiger charge is 2.58. The number of rotatable bonds is 24. The Hall–Kier alpha value is -2.67. The Morgan fingerprint density at radius 1 is 0.469 bits per heavy atom. The minimum Gasteiger partial charge on any atom is -0.491 e. The van der Waals surface area contributed by atoms with E-state index >= 15 is 0 Å². The Morgan fingerprint density at radius 3 is 1.56 bits per heavy atom. The molecule has 32 heteroatoms. The van der Waals surface area contributed by atoms with Crippen molar-refractivity contribution >= 4 is 5.91 Å². The van der Waals surface area contributed by atoms with Gasteiger partial charge in [-0.3, -0.25) is 4.79 Å². The lowest BCUT2D eigenvalue weighted by Gasteiger charge is -2.51. The molecule has 1 aromatic rings. The van der Waals surface area contributed by atoms with Crippen molar-refractivity contribution in [2.24, 2.45) is 5.73 Å². The van der Waals surface area contributed by atoms with Crippen LogP contribution < -0.4 is 15.8 Å². The Morgan fingerprint density at radius 2 is 0.938 bits per heavy atom. The summed E-state index contributed by atoms with van der Waals surface area (Å²) < 4.78 is 76.4. The summed E-state index contributed by atoms with van der Waals surface area (Å²) in [6.07, 6.45) is -50.8. The number of aliphatic hydroxyl groups is 16. The van der Waals surface area contributed by atoms with E-state index in [1.807, 2.05) is 0 Å². The first kappa shape index (κ1) is 65.9. The van der Waals surface area contributed by atoms with Crippen LogP contribution in [0, 0.1) is 0 Å². The normalized spacial score (nSPS) is 46.0. The van der Waals surface area contributed by atoms with Crippen LogP contribution in [-0.4, -0.2) is 318 Å². The summed E-state index contributed by atoms with van der Waals surface area (Å²) in [4.78, 5) is 12.9. The first-order valence-corrected chi connectivity index (χ1v) is 26.7. The average Bonchev–Trinajstić information content (AvgIpc) is 3.51. The van der Waals surface area contributed by atoms with E-state index < -0.39 is 217 Å². The van der Waals surface area contributed by atoms with Gasteiger partial charge in [-0.2, -0.15) is 0 Å². The van der Waals surface area contributed by atoms with Crippen LogP contribution >= 0.6 is 0 Å². The van der Waals surface area contributed by atoms with Crippen LogP contribution in [0.25, 0.3) is 0 Å². The molecule has 1 amide bonds. The molecular formula is C49H80N2O30. The number of benzene rings is 1. The van der Waals surface area contributed by atoms with E-state index in [9.17, 15) is 86.5 Å². The molecule has 466 valence electrons. The molecule has 12 unspecified atom stereocenters. The van der Waals surface area contributed by atoms with E-state index in [0.29, 0.717) is 18.7 Å². The molecule has 81 heavy (non-hydrogen) atoms. The molecule has 0 aromatic heterocycles. The third-order valence-corrected chi connectivity index (χ3v) is 14.9. The van der Waals surface area contributed by atoms with Crippen molar-refractivity contribution in [3.8, 4) is 5.75 Å². The van der Waals surface area contributed by atoms with Crippen molar-refractivity contribution in [1.29, 1.82) is 0 Å². The molecule has 6 fully saturated rings. The molecule has 6 aliphatic rings. The number of amides is 1. The van der Waals surface area contributed by atoms with Gasteiger partial charge >= 0.3 is 0 Å². The molecule has 32 nitrogen and oxygen atoms in total. The van der Waals surface area contributed by atoms with Gasteiger partial charge in [0, 0.05) is 13.5 Å². The zero-order chi connectivity index (χ0) is 59.0. The summed E-state index contributed by atoms with van der Waals surface area (Å²) in [5, 5.41) is 178. The van der Waals surface area contributed by atoms with Crippen LogP contribution in [0.15, 0.2) is 30.3 Å². The molecule has 19 N–H and O–H groups in total. The number of carbonyl (C=O) groups excluding carboxylic acids is 1. The molecule has 6 saturated heterocycles. The van der Waals surface area contributed by atoms with Crippen molar-refractivity contribution < 1.29 is 148 Å². The zero-order valence-electron chi connectivity index (χ0n) is 44.2. The summed E-state index contributed by atoms with van der Waals surface area (Å²) in [5.41, 5.74) is 5.58. The topological polar surface area (TPSA) is 499 Å². The van der Waals surface area contributed by atoms with Crippen molar-refractivity contribution in [3.05, 3.63) is 30.3 Å². The fourth-order valence-electron chi connectivity index (χ4n) is 10.3. The number of carbonyl (C=O) groups is 1. The van der Waals surface area contributed by atoms with Crippen molar-refractivity contribution in [2.45, 2.75) is 217 Å². The molecule has 30 atom stereocenters. The van der Waals surface area contributed by atoms with Gasteiger partial charge < -0.3 is 154 Å². The first-order valence-electron chi connectivity index (χ1n) is 26.7. The summed E-state index contributed by atoms with van der Waals surface area (Å²) in [6, 6.07) is 6.67. The number of aliphatic hydroxyl groups excluding tert-OH is 16.